The minimum absolute atomic E-state index is 0.192. The number of nitrogens with zero attached hydrogens (tertiary/aromatic N) is 10. The molecule has 3 aromatic heterocycles. The zero-order valence-electron chi connectivity index (χ0n) is 37.3. The molecule has 4 fully saturated rings. The number of likely N-dealkylation sites (tertiary alicyclic amines) is 2. The standard InChI is InChI=1S/C45H58BrN12O4P/c1-44(2,3)62-43(59)58-27-31(28-58)55-14-10-45(11-15-55)22-30(23-45)56-16-18-57(19-17-56)37-21-38(61-5)36(20-32(37)29-24-50-54(4)26-29)52-42-49-25-33(46)41(53-42)51-35-9-8-34-39(48-13-12-47-34)40(35)63(6,7)60/h8-9,12-13,20-21,24-26,30-31H,10-11,14-19,22-23,27-28H2,1-7H3,(H2,49,51,52,53). The highest BCUT2D eigenvalue weighted by Crippen LogP contribution is 2.52. The molecule has 3 aliphatic heterocycles. The molecule has 9 rings (SSSR count). The molecule has 0 bridgehead atoms. The number of benzene rings is 2. The molecule has 0 radical (unpaired) electrons. The average Bonchev–Trinajstić information content (AvgIpc) is 3.65. The van der Waals surface area contributed by atoms with E-state index in [4.69, 9.17) is 14.5 Å². The van der Waals surface area contributed by atoms with Crippen molar-refractivity contribution in [1.82, 2.24) is 44.4 Å². The van der Waals surface area contributed by atoms with E-state index in [0.29, 0.717) is 67.2 Å². The van der Waals surface area contributed by atoms with Crippen LogP contribution in [0.2, 0.25) is 0 Å². The van der Waals surface area contributed by atoms with Gasteiger partial charge in [-0.15, -0.1) is 0 Å². The lowest BCUT2D eigenvalue weighted by Crippen LogP contribution is -2.65. The molecule has 1 aliphatic carbocycles. The lowest BCUT2D eigenvalue weighted by Gasteiger charge is -2.58. The fourth-order valence-electron chi connectivity index (χ4n) is 9.78. The molecule has 1 saturated carbocycles. The number of amides is 1. The van der Waals surface area contributed by atoms with E-state index >= 15 is 0 Å². The molecule has 2 aromatic carbocycles. The number of carbonyl (C=O) groups excluding carboxylic acids is 1. The van der Waals surface area contributed by atoms with E-state index < -0.39 is 12.7 Å². The topological polar surface area (TPSA) is 159 Å². The number of hydrogen-bond donors (Lipinski definition) is 2. The third-order valence-electron chi connectivity index (χ3n) is 13.1. The Morgan fingerprint density at radius 1 is 0.905 bits per heavy atom. The molecule has 4 aliphatic rings. The number of methoxy groups -OCH3 is 1. The van der Waals surface area contributed by atoms with Crippen molar-refractivity contribution in [3.63, 3.8) is 0 Å². The van der Waals surface area contributed by atoms with E-state index in [1.54, 1.807) is 39.0 Å². The third-order valence-corrected chi connectivity index (χ3v) is 15.2. The van der Waals surface area contributed by atoms with Gasteiger partial charge >= 0.3 is 6.09 Å². The maximum absolute atomic E-state index is 13.6. The lowest BCUT2D eigenvalue weighted by atomic mass is 9.59. The molecule has 334 valence electrons. The molecule has 1 amide bonds. The second-order valence-electron chi connectivity index (χ2n) is 19.0. The van der Waals surface area contributed by atoms with Gasteiger partial charge < -0.3 is 34.5 Å². The van der Waals surface area contributed by atoms with E-state index in [9.17, 15) is 9.36 Å². The predicted octanol–water partition coefficient (Wildman–Crippen LogP) is 7.31. The first-order valence-corrected chi connectivity index (χ1v) is 25.2. The summed E-state index contributed by atoms with van der Waals surface area (Å²) in [5.41, 5.74) is 5.75. The van der Waals surface area contributed by atoms with Crippen LogP contribution in [-0.2, 0) is 16.3 Å². The van der Waals surface area contributed by atoms with Gasteiger partial charge in [-0.1, -0.05) is 0 Å². The summed E-state index contributed by atoms with van der Waals surface area (Å²) >= 11 is 3.62. The minimum atomic E-state index is -2.79. The highest BCUT2D eigenvalue weighted by molar-refractivity contribution is 9.10. The molecule has 1 spiro atoms. The van der Waals surface area contributed by atoms with Crippen molar-refractivity contribution in [1.29, 1.82) is 0 Å². The number of anilines is 5. The van der Waals surface area contributed by atoms with Gasteiger partial charge in [-0.3, -0.25) is 24.4 Å². The van der Waals surface area contributed by atoms with Crippen molar-refractivity contribution >= 4 is 74.3 Å². The van der Waals surface area contributed by atoms with Crippen LogP contribution in [-0.4, -0.2) is 141 Å². The van der Waals surface area contributed by atoms with Crippen LogP contribution in [0.1, 0.15) is 46.5 Å². The van der Waals surface area contributed by atoms with E-state index in [1.807, 2.05) is 61.9 Å². The normalized spacial score (nSPS) is 18.9. The van der Waals surface area contributed by atoms with Gasteiger partial charge in [0.05, 0.1) is 40.0 Å². The molecule has 2 N–H and O–H groups in total. The number of fused-ring (bicyclic) bond motifs is 1. The summed E-state index contributed by atoms with van der Waals surface area (Å²) in [7, 11) is 0.824. The van der Waals surface area contributed by atoms with Crippen LogP contribution < -0.4 is 25.6 Å². The monoisotopic (exact) mass is 940 g/mol. The maximum Gasteiger partial charge on any atom is 0.410 e. The second kappa shape index (κ2) is 16.9. The number of aryl methyl sites for hydroxylation is 1. The van der Waals surface area contributed by atoms with Crippen LogP contribution in [0, 0.1) is 5.41 Å². The number of nitrogens with one attached hydrogen (secondary N) is 2. The largest absolute Gasteiger partial charge is 0.494 e. The SMILES string of the molecule is COc1cc(N2CCN(C3CC4(CCN(C5CN(C(=O)OC(C)(C)C)C5)CC4)C3)CC2)c(-c2cnn(C)c2)cc1Nc1ncc(Br)c(Nc2ccc3nccnc3c2P(C)(C)=O)n1. The number of piperazine rings is 1. The van der Waals surface area contributed by atoms with E-state index in [1.165, 1.54) is 25.7 Å². The van der Waals surface area contributed by atoms with Crippen molar-refractivity contribution in [2.75, 3.05) is 88.3 Å². The summed E-state index contributed by atoms with van der Waals surface area (Å²) in [5.74, 6) is 1.52. The van der Waals surface area contributed by atoms with Crippen LogP contribution in [0.5, 0.6) is 5.75 Å². The molecule has 16 nitrogen and oxygen atoms in total. The molecule has 63 heavy (non-hydrogen) atoms. The Balaban J connectivity index is 0.859. The van der Waals surface area contributed by atoms with Crippen molar-refractivity contribution in [3.8, 4) is 16.9 Å². The van der Waals surface area contributed by atoms with Crippen LogP contribution in [0.4, 0.5) is 33.6 Å². The summed E-state index contributed by atoms with van der Waals surface area (Å²) in [6, 6.07) is 9.02. The number of ether oxygens (including phenoxy) is 2. The van der Waals surface area contributed by atoms with Crippen molar-refractivity contribution in [3.05, 3.63) is 59.7 Å². The Morgan fingerprint density at radius 2 is 1.62 bits per heavy atom. The van der Waals surface area contributed by atoms with Gasteiger partial charge in [0.1, 0.15) is 29.8 Å². The molecule has 5 aromatic rings. The number of hydrogen-bond acceptors (Lipinski definition) is 14. The zero-order chi connectivity index (χ0) is 44.3. The summed E-state index contributed by atoms with van der Waals surface area (Å²) in [6.07, 6.45) is 13.7. The van der Waals surface area contributed by atoms with E-state index in [-0.39, 0.29) is 6.09 Å². The van der Waals surface area contributed by atoms with Crippen molar-refractivity contribution < 1.29 is 18.8 Å². The summed E-state index contributed by atoms with van der Waals surface area (Å²) in [5, 5.41) is 12.0. The molecular weight excluding hydrogens is 883 g/mol. The Labute approximate surface area is 377 Å². The van der Waals surface area contributed by atoms with Gasteiger partial charge in [0.25, 0.3) is 0 Å². The van der Waals surface area contributed by atoms with E-state index in [2.05, 4.69) is 73.4 Å². The zero-order valence-corrected chi connectivity index (χ0v) is 39.7. The minimum Gasteiger partial charge on any atom is -0.494 e. The van der Waals surface area contributed by atoms with Crippen LogP contribution in [0.25, 0.3) is 22.2 Å². The van der Waals surface area contributed by atoms with Gasteiger partial charge in [-0.05, 0) is 112 Å². The molecule has 6 heterocycles. The highest BCUT2D eigenvalue weighted by Gasteiger charge is 2.49. The van der Waals surface area contributed by atoms with Gasteiger partial charge in [-0.25, -0.2) is 9.78 Å². The average molecular weight is 942 g/mol. The number of rotatable bonds is 10. The number of piperidine rings is 1. The molecule has 0 atom stereocenters. The van der Waals surface area contributed by atoms with Crippen molar-refractivity contribution in [2.45, 2.75) is 64.1 Å². The fraction of sp³-hybridized carbons (Fsp3) is 0.511. The third kappa shape index (κ3) is 9.11. The Morgan fingerprint density at radius 3 is 2.29 bits per heavy atom. The Bertz CT molecular complexity index is 2550. The molecule has 3 saturated heterocycles. The van der Waals surface area contributed by atoms with Gasteiger partial charge in [-0.2, -0.15) is 10.1 Å². The van der Waals surface area contributed by atoms with Crippen LogP contribution >= 0.6 is 23.1 Å². The van der Waals surface area contributed by atoms with Gasteiger partial charge in [0.2, 0.25) is 5.95 Å². The quantitative estimate of drug-likeness (QED) is 0.134. The smallest absolute Gasteiger partial charge is 0.410 e. The predicted molar refractivity (Wildman–Crippen MR) is 252 cm³/mol. The summed E-state index contributed by atoms with van der Waals surface area (Å²) < 4.78 is 27.7. The summed E-state index contributed by atoms with van der Waals surface area (Å²) in [6.45, 7) is 16.8. The molecule has 0 unspecified atom stereocenters. The van der Waals surface area contributed by atoms with Crippen LogP contribution in [0.3, 0.4) is 0 Å². The molecule has 18 heteroatoms. The first kappa shape index (κ1) is 43.4. The lowest BCUT2D eigenvalue weighted by molar-refractivity contribution is -0.0698. The number of halogens is 1. The van der Waals surface area contributed by atoms with Gasteiger partial charge in [0.15, 0.2) is 0 Å². The fourth-order valence-corrected chi connectivity index (χ4v) is 11.5. The first-order chi connectivity index (χ1) is 30.0. The molecular formula is C45H58BrN12O4P. The second-order valence-corrected chi connectivity index (χ2v) is 23.0. The number of carbonyl (C=O) groups is 1. The highest BCUT2D eigenvalue weighted by atomic mass is 79.9. The Kier molecular flexibility index (Phi) is 11.7. The van der Waals surface area contributed by atoms with Crippen molar-refractivity contribution in [2.24, 2.45) is 12.5 Å². The van der Waals surface area contributed by atoms with Crippen LogP contribution in [0.15, 0.2) is 59.7 Å². The van der Waals surface area contributed by atoms with Gasteiger partial charge in [0, 0.05) is 106 Å². The Hall–Kier alpha value is -4.83. The number of aromatic nitrogens is 6. The van der Waals surface area contributed by atoms with E-state index in [0.717, 1.165) is 69.2 Å². The first-order valence-electron chi connectivity index (χ1n) is 21.8. The summed E-state index contributed by atoms with van der Waals surface area (Å²) in [4.78, 5) is 40.5. The maximum atomic E-state index is 13.6.